The summed E-state index contributed by atoms with van der Waals surface area (Å²) in [6.45, 7) is 3.71. The second-order valence-electron chi connectivity index (χ2n) is 7.94. The van der Waals surface area contributed by atoms with Gasteiger partial charge in [0.1, 0.15) is 11.6 Å². The van der Waals surface area contributed by atoms with E-state index in [4.69, 9.17) is 4.98 Å². The summed E-state index contributed by atoms with van der Waals surface area (Å²) in [6, 6.07) is 6.56. The summed E-state index contributed by atoms with van der Waals surface area (Å²) >= 11 is 1.69. The van der Waals surface area contributed by atoms with E-state index in [0.717, 1.165) is 53.2 Å². The number of thiazole rings is 1. The normalized spacial score (nSPS) is 15.6. The van der Waals surface area contributed by atoms with Crippen LogP contribution < -0.4 is 10.2 Å². The van der Waals surface area contributed by atoms with Gasteiger partial charge in [-0.2, -0.15) is 10.2 Å². The highest BCUT2D eigenvalue weighted by molar-refractivity contribution is 7.16. The number of rotatable bonds is 5. The maximum atomic E-state index is 4.89. The molecule has 1 fully saturated rings. The van der Waals surface area contributed by atoms with Gasteiger partial charge in [0.05, 0.1) is 29.7 Å². The van der Waals surface area contributed by atoms with Crippen molar-refractivity contribution in [2.45, 2.75) is 38.8 Å². The molecule has 4 aromatic rings. The fraction of sp³-hybridized carbons (Fsp3) is 0.333. The van der Waals surface area contributed by atoms with Crippen LogP contribution in [0.3, 0.4) is 0 Å². The lowest BCUT2D eigenvalue weighted by atomic mass is 10.2. The molecule has 0 spiro atoms. The molecule has 2 aliphatic rings. The minimum absolute atomic E-state index is 0.607. The molecule has 0 atom stereocenters. The number of nitrogens with one attached hydrogen (secondary N) is 2. The molecule has 30 heavy (non-hydrogen) atoms. The molecule has 1 aliphatic carbocycles. The minimum Gasteiger partial charge on any atom is -0.352 e. The van der Waals surface area contributed by atoms with Gasteiger partial charge >= 0.3 is 0 Å². The Kier molecular flexibility index (Phi) is 4.08. The molecule has 0 aromatic carbocycles. The molecule has 152 valence electrons. The van der Waals surface area contributed by atoms with Crippen LogP contribution in [-0.2, 0) is 13.0 Å². The van der Waals surface area contributed by atoms with Gasteiger partial charge in [0.25, 0.3) is 0 Å². The molecule has 0 saturated heterocycles. The van der Waals surface area contributed by atoms with Crippen molar-refractivity contribution in [3.8, 4) is 11.3 Å². The first kappa shape index (κ1) is 17.6. The van der Waals surface area contributed by atoms with Crippen molar-refractivity contribution in [1.82, 2.24) is 29.9 Å². The largest absolute Gasteiger partial charge is 0.352 e. The van der Waals surface area contributed by atoms with Gasteiger partial charge in [0.2, 0.25) is 0 Å². The summed E-state index contributed by atoms with van der Waals surface area (Å²) in [5.41, 5.74) is 4.28. The van der Waals surface area contributed by atoms with Crippen LogP contribution >= 0.6 is 11.3 Å². The van der Waals surface area contributed by atoms with E-state index in [9.17, 15) is 0 Å². The molecule has 9 heteroatoms. The number of aryl methyl sites for hydroxylation is 1. The lowest BCUT2D eigenvalue weighted by Gasteiger charge is -2.21. The summed E-state index contributed by atoms with van der Waals surface area (Å²) in [5.74, 6) is 1.85. The Bertz CT molecular complexity index is 1200. The fourth-order valence-corrected chi connectivity index (χ4v) is 4.90. The van der Waals surface area contributed by atoms with E-state index in [0.29, 0.717) is 6.04 Å². The lowest BCUT2D eigenvalue weighted by Crippen LogP contribution is -2.24. The van der Waals surface area contributed by atoms with Crippen molar-refractivity contribution in [3.05, 3.63) is 52.9 Å². The number of aromatic amines is 1. The second-order valence-corrected chi connectivity index (χ2v) is 9.03. The zero-order valence-electron chi connectivity index (χ0n) is 16.7. The van der Waals surface area contributed by atoms with Crippen molar-refractivity contribution in [3.63, 3.8) is 0 Å². The Hall–Kier alpha value is -3.20. The van der Waals surface area contributed by atoms with Gasteiger partial charge < -0.3 is 10.2 Å². The van der Waals surface area contributed by atoms with Gasteiger partial charge in [-0.3, -0.25) is 9.78 Å². The third-order valence-corrected chi connectivity index (χ3v) is 6.60. The zero-order chi connectivity index (χ0) is 20.1. The van der Waals surface area contributed by atoms with Crippen LogP contribution in [0.2, 0.25) is 0 Å². The number of fused-ring (bicyclic) bond motifs is 3. The van der Waals surface area contributed by atoms with Crippen LogP contribution in [-0.4, -0.2) is 36.5 Å². The topological polar surface area (TPSA) is 87.5 Å². The van der Waals surface area contributed by atoms with Crippen LogP contribution in [0.1, 0.15) is 35.0 Å². The van der Waals surface area contributed by atoms with Crippen LogP contribution in [0.25, 0.3) is 11.3 Å². The number of nitrogens with zero attached hydrogens (tertiary/aromatic N) is 6. The van der Waals surface area contributed by atoms with Gasteiger partial charge in [0.15, 0.2) is 5.13 Å². The molecule has 1 saturated carbocycles. The van der Waals surface area contributed by atoms with Crippen molar-refractivity contribution in [1.29, 1.82) is 0 Å². The van der Waals surface area contributed by atoms with Gasteiger partial charge in [-0.05, 0) is 31.9 Å². The molecular formula is C21H22N8S. The molecule has 2 N–H and O–H groups in total. The highest BCUT2D eigenvalue weighted by atomic mass is 32.1. The molecular weight excluding hydrogens is 396 g/mol. The van der Waals surface area contributed by atoms with Gasteiger partial charge in [0, 0.05) is 41.8 Å². The van der Waals surface area contributed by atoms with Crippen LogP contribution in [0.5, 0.6) is 0 Å². The smallest absolute Gasteiger partial charge is 0.189 e. The van der Waals surface area contributed by atoms with Crippen LogP contribution in [0.4, 0.5) is 16.8 Å². The summed E-state index contributed by atoms with van der Waals surface area (Å²) in [6.07, 6.45) is 9.49. The summed E-state index contributed by atoms with van der Waals surface area (Å²) < 4.78 is 2.11. The molecule has 0 bridgehead atoms. The number of hydrogen-bond acceptors (Lipinski definition) is 7. The molecule has 6 rings (SSSR count). The van der Waals surface area contributed by atoms with E-state index >= 15 is 0 Å². The number of anilines is 3. The van der Waals surface area contributed by atoms with Crippen molar-refractivity contribution in [2.75, 3.05) is 16.8 Å². The number of pyridine rings is 1. The monoisotopic (exact) mass is 418 g/mol. The molecule has 5 heterocycles. The zero-order valence-corrected chi connectivity index (χ0v) is 17.5. The first-order chi connectivity index (χ1) is 14.7. The third kappa shape index (κ3) is 3.24. The number of aromatic nitrogens is 6. The van der Waals surface area contributed by atoms with E-state index in [1.165, 1.54) is 23.3 Å². The summed E-state index contributed by atoms with van der Waals surface area (Å²) in [4.78, 5) is 13.0. The SMILES string of the molecule is Cc1cccc(Nc2nc3c(s2)CCN(Cc2cnn(C4CC4)c2)c2[nH]ncc2-3)n1. The second kappa shape index (κ2) is 6.94. The van der Waals surface area contributed by atoms with Crippen LogP contribution in [0.15, 0.2) is 36.8 Å². The lowest BCUT2D eigenvalue weighted by molar-refractivity contribution is 0.640. The maximum Gasteiger partial charge on any atom is 0.189 e. The molecule has 1 aliphatic heterocycles. The first-order valence-electron chi connectivity index (χ1n) is 10.2. The van der Waals surface area contributed by atoms with Gasteiger partial charge in [-0.25, -0.2) is 9.97 Å². The average molecular weight is 419 g/mol. The van der Waals surface area contributed by atoms with Crippen LogP contribution in [0, 0.1) is 6.92 Å². The standard InChI is InChI=1S/C21H22N8S/c1-13-3-2-4-18(24-13)25-21-26-19-16-10-22-27-20(16)28(8-7-17(19)30-21)11-14-9-23-29(12-14)15-5-6-15/h2-4,9-10,12,15H,5-8,11H2,1H3,(H,22,27)(H,24,25,26). The highest BCUT2D eigenvalue weighted by Crippen LogP contribution is 2.40. The Morgan fingerprint density at radius 2 is 2.17 bits per heavy atom. The molecule has 8 nitrogen and oxygen atoms in total. The van der Waals surface area contributed by atoms with Gasteiger partial charge in [-0.1, -0.05) is 6.07 Å². The summed E-state index contributed by atoms with van der Waals surface area (Å²) in [7, 11) is 0. The number of hydrogen-bond donors (Lipinski definition) is 2. The van der Waals surface area contributed by atoms with E-state index in [-0.39, 0.29) is 0 Å². The van der Waals surface area contributed by atoms with E-state index in [1.807, 2.05) is 37.5 Å². The average Bonchev–Trinajstić information content (AvgIpc) is 3.14. The first-order valence-corrected chi connectivity index (χ1v) is 11.1. The van der Waals surface area contributed by atoms with Gasteiger partial charge in [-0.15, -0.1) is 11.3 Å². The molecule has 4 aromatic heterocycles. The van der Waals surface area contributed by atoms with Crippen molar-refractivity contribution < 1.29 is 0 Å². The summed E-state index contributed by atoms with van der Waals surface area (Å²) in [5, 5.41) is 16.3. The molecule has 0 amide bonds. The third-order valence-electron chi connectivity index (χ3n) is 5.57. The number of H-pyrrole nitrogens is 1. The Labute approximate surface area is 178 Å². The van der Waals surface area contributed by atoms with Crippen molar-refractivity contribution in [2.24, 2.45) is 0 Å². The van der Waals surface area contributed by atoms with E-state index in [2.05, 4.69) is 41.4 Å². The Morgan fingerprint density at radius 1 is 1.23 bits per heavy atom. The van der Waals surface area contributed by atoms with Crippen molar-refractivity contribution >= 4 is 28.1 Å². The Morgan fingerprint density at radius 3 is 3.03 bits per heavy atom. The highest BCUT2D eigenvalue weighted by Gasteiger charge is 2.27. The fourth-order valence-electron chi connectivity index (χ4n) is 3.93. The predicted octanol–water partition coefficient (Wildman–Crippen LogP) is 4.07. The Balaban J connectivity index is 1.27. The quantitative estimate of drug-likeness (QED) is 0.508. The maximum absolute atomic E-state index is 4.89. The van der Waals surface area contributed by atoms with E-state index < -0.39 is 0 Å². The minimum atomic E-state index is 0.607. The predicted molar refractivity (Wildman–Crippen MR) is 117 cm³/mol. The van der Waals surface area contributed by atoms with E-state index in [1.54, 1.807) is 11.3 Å². The molecule has 0 radical (unpaired) electrons. The molecule has 0 unspecified atom stereocenters.